The van der Waals surface area contributed by atoms with E-state index in [1.54, 1.807) is 6.20 Å². The Morgan fingerprint density at radius 2 is 0.800 bits per heavy atom. The van der Waals surface area contributed by atoms with Gasteiger partial charge in [-0.25, -0.2) is 15.0 Å². The molecule has 0 fully saturated rings. The van der Waals surface area contributed by atoms with Gasteiger partial charge in [-0.15, -0.1) is 0 Å². The Hall–Kier alpha value is -7.50. The van der Waals surface area contributed by atoms with Gasteiger partial charge in [0.05, 0.1) is 11.0 Å². The van der Waals surface area contributed by atoms with E-state index in [0.717, 1.165) is 61.3 Å². The van der Waals surface area contributed by atoms with Crippen LogP contribution in [0.5, 0.6) is 0 Å². The molecular formula is C50H33N5. The lowest BCUT2D eigenvalue weighted by Crippen LogP contribution is -2.00. The molecule has 10 rings (SSSR count). The molecule has 0 spiro atoms. The molecule has 0 saturated carbocycles. The Bertz CT molecular complexity index is 2940. The zero-order valence-electron chi connectivity index (χ0n) is 29.8. The van der Waals surface area contributed by atoms with E-state index in [1.165, 1.54) is 16.3 Å². The van der Waals surface area contributed by atoms with Crippen molar-refractivity contribution in [3.63, 3.8) is 0 Å². The normalized spacial score (nSPS) is 11.3. The molecule has 0 saturated heterocycles. The summed E-state index contributed by atoms with van der Waals surface area (Å²) in [6.07, 6.45) is 3.71. The first-order valence-electron chi connectivity index (χ1n) is 18.4. The van der Waals surface area contributed by atoms with Crippen molar-refractivity contribution < 1.29 is 0 Å². The van der Waals surface area contributed by atoms with Gasteiger partial charge < -0.3 is 4.57 Å². The van der Waals surface area contributed by atoms with Crippen LogP contribution in [0.3, 0.4) is 0 Å². The van der Waals surface area contributed by atoms with Crippen LogP contribution in [0.25, 0.3) is 95.0 Å². The van der Waals surface area contributed by atoms with Crippen LogP contribution >= 0.6 is 0 Å². The van der Waals surface area contributed by atoms with E-state index >= 15 is 0 Å². The molecule has 7 aromatic carbocycles. The molecule has 5 heteroatoms. The molecule has 0 aliphatic rings. The summed E-state index contributed by atoms with van der Waals surface area (Å²) in [6.45, 7) is 0. The van der Waals surface area contributed by atoms with Crippen LogP contribution in [-0.4, -0.2) is 24.5 Å². The smallest absolute Gasteiger partial charge is 0.164 e. The van der Waals surface area contributed by atoms with E-state index < -0.39 is 0 Å². The van der Waals surface area contributed by atoms with E-state index in [4.69, 9.17) is 15.0 Å². The van der Waals surface area contributed by atoms with Crippen molar-refractivity contribution in [1.29, 1.82) is 0 Å². The summed E-state index contributed by atoms with van der Waals surface area (Å²) in [5.74, 6) is 1.84. The number of hydrogen-bond donors (Lipinski definition) is 0. The van der Waals surface area contributed by atoms with Gasteiger partial charge in [0.25, 0.3) is 0 Å². The summed E-state index contributed by atoms with van der Waals surface area (Å²) in [6, 6.07) is 65.6. The highest BCUT2D eigenvalue weighted by molar-refractivity contribution is 6.10. The van der Waals surface area contributed by atoms with Gasteiger partial charge in [0.1, 0.15) is 0 Å². The van der Waals surface area contributed by atoms with Gasteiger partial charge in [-0.05, 0) is 82.4 Å². The number of para-hydroxylation sites is 2. The van der Waals surface area contributed by atoms with Crippen molar-refractivity contribution in [2.75, 3.05) is 0 Å². The first kappa shape index (κ1) is 32.2. The van der Waals surface area contributed by atoms with Gasteiger partial charge in [0, 0.05) is 51.1 Å². The molecule has 0 radical (unpaired) electrons. The summed E-state index contributed by atoms with van der Waals surface area (Å²) >= 11 is 0. The quantitative estimate of drug-likeness (QED) is 0.166. The third kappa shape index (κ3) is 6.14. The van der Waals surface area contributed by atoms with E-state index in [2.05, 4.69) is 155 Å². The van der Waals surface area contributed by atoms with Crippen molar-refractivity contribution in [3.8, 4) is 73.2 Å². The highest BCUT2D eigenvalue weighted by atomic mass is 15.0. The maximum Gasteiger partial charge on any atom is 0.164 e. The zero-order chi connectivity index (χ0) is 36.6. The highest BCUT2D eigenvalue weighted by Gasteiger charge is 2.17. The molecule has 0 atom stereocenters. The number of aromatic nitrogens is 5. The molecule has 5 nitrogen and oxygen atoms in total. The van der Waals surface area contributed by atoms with Crippen LogP contribution in [0.4, 0.5) is 0 Å². The van der Waals surface area contributed by atoms with Gasteiger partial charge in [0.15, 0.2) is 17.5 Å². The van der Waals surface area contributed by atoms with Crippen molar-refractivity contribution in [2.24, 2.45) is 0 Å². The molecular weight excluding hydrogens is 671 g/mol. The molecule has 3 aromatic heterocycles. The predicted octanol–water partition coefficient (Wildman–Crippen LogP) is 12.4. The first-order chi connectivity index (χ1) is 27.2. The Kier molecular flexibility index (Phi) is 8.08. The number of fused-ring (bicyclic) bond motifs is 3. The number of nitrogens with zero attached hydrogens (tertiary/aromatic N) is 5. The Labute approximate surface area is 318 Å². The predicted molar refractivity (Wildman–Crippen MR) is 225 cm³/mol. The molecule has 3 heterocycles. The van der Waals surface area contributed by atoms with Gasteiger partial charge >= 0.3 is 0 Å². The summed E-state index contributed by atoms with van der Waals surface area (Å²) in [4.78, 5) is 19.8. The highest BCUT2D eigenvalue weighted by Crippen LogP contribution is 2.38. The molecule has 0 bridgehead atoms. The fourth-order valence-corrected chi connectivity index (χ4v) is 7.42. The topological polar surface area (TPSA) is 56.5 Å². The van der Waals surface area contributed by atoms with E-state index in [9.17, 15) is 0 Å². The van der Waals surface area contributed by atoms with Crippen molar-refractivity contribution >= 4 is 21.8 Å². The van der Waals surface area contributed by atoms with Crippen LogP contribution in [0, 0.1) is 0 Å². The summed E-state index contributed by atoms with van der Waals surface area (Å²) in [5, 5.41) is 2.40. The average molecular weight is 704 g/mol. The van der Waals surface area contributed by atoms with Crippen LogP contribution in [0.15, 0.2) is 200 Å². The van der Waals surface area contributed by atoms with Gasteiger partial charge in [-0.3, -0.25) is 4.98 Å². The molecule has 0 aliphatic heterocycles. The molecule has 55 heavy (non-hydrogen) atoms. The lowest BCUT2D eigenvalue weighted by atomic mass is 9.95. The summed E-state index contributed by atoms with van der Waals surface area (Å²) < 4.78 is 2.34. The van der Waals surface area contributed by atoms with Gasteiger partial charge in [0.2, 0.25) is 0 Å². The first-order valence-corrected chi connectivity index (χ1v) is 18.4. The number of benzene rings is 7. The molecule has 10 aromatic rings. The van der Waals surface area contributed by atoms with E-state index in [1.807, 2.05) is 48.7 Å². The average Bonchev–Trinajstić information content (AvgIpc) is 3.61. The second-order valence-corrected chi connectivity index (χ2v) is 13.6. The molecule has 0 N–H and O–H groups in total. The van der Waals surface area contributed by atoms with Crippen LogP contribution in [0.1, 0.15) is 0 Å². The number of pyridine rings is 1. The van der Waals surface area contributed by atoms with E-state index in [-0.39, 0.29) is 0 Å². The monoisotopic (exact) mass is 703 g/mol. The minimum atomic E-state index is 0.602. The maximum atomic E-state index is 5.16. The van der Waals surface area contributed by atoms with Crippen molar-refractivity contribution in [1.82, 2.24) is 24.5 Å². The standard InChI is InChI=1S/C50H33N5/c1-4-13-34(14-5-1)35-22-24-37(25-23-35)49-52-48(36-15-6-2-7-16-36)53-50(54-49)42-30-40(29-41(31-42)39-17-12-28-51-33-39)38-26-27-47-45(32-38)44-20-10-11-21-46(44)55(47)43-18-8-3-9-19-43/h1-33H. The Morgan fingerprint density at radius 1 is 0.309 bits per heavy atom. The van der Waals surface area contributed by atoms with Crippen molar-refractivity contribution in [2.45, 2.75) is 0 Å². The van der Waals surface area contributed by atoms with Crippen LogP contribution in [0.2, 0.25) is 0 Å². The summed E-state index contributed by atoms with van der Waals surface area (Å²) in [7, 11) is 0. The lowest BCUT2D eigenvalue weighted by molar-refractivity contribution is 1.07. The van der Waals surface area contributed by atoms with Gasteiger partial charge in [-0.1, -0.05) is 133 Å². The fourth-order valence-electron chi connectivity index (χ4n) is 7.42. The third-order valence-corrected chi connectivity index (χ3v) is 10.1. The molecule has 0 amide bonds. The molecule has 258 valence electrons. The molecule has 0 aliphatic carbocycles. The second-order valence-electron chi connectivity index (χ2n) is 13.6. The largest absolute Gasteiger partial charge is 0.309 e. The maximum absolute atomic E-state index is 5.16. The zero-order valence-corrected chi connectivity index (χ0v) is 29.8. The van der Waals surface area contributed by atoms with Crippen molar-refractivity contribution in [3.05, 3.63) is 200 Å². The SMILES string of the molecule is c1ccc(-c2ccc(-c3nc(-c4ccccc4)nc(-c4cc(-c5cccnc5)cc(-c5ccc6c(c5)c5ccccc5n6-c5ccccc5)c4)n3)cc2)cc1. The summed E-state index contributed by atoms with van der Waals surface area (Å²) in [5.41, 5.74) is 12.7. The van der Waals surface area contributed by atoms with Crippen LogP contribution in [-0.2, 0) is 0 Å². The minimum Gasteiger partial charge on any atom is -0.309 e. The third-order valence-electron chi connectivity index (χ3n) is 10.1. The Balaban J connectivity index is 1.15. The number of rotatable bonds is 7. The van der Waals surface area contributed by atoms with E-state index in [0.29, 0.717) is 17.5 Å². The second kappa shape index (κ2) is 13.8. The fraction of sp³-hybridized carbons (Fsp3) is 0. The molecule has 0 unspecified atom stereocenters. The Morgan fingerprint density at radius 3 is 1.49 bits per heavy atom. The van der Waals surface area contributed by atoms with Crippen LogP contribution < -0.4 is 0 Å². The number of hydrogen-bond acceptors (Lipinski definition) is 4. The van der Waals surface area contributed by atoms with Gasteiger partial charge in [-0.2, -0.15) is 0 Å². The lowest BCUT2D eigenvalue weighted by Gasteiger charge is -2.13. The minimum absolute atomic E-state index is 0.602.